The molecule has 0 aliphatic rings. The Bertz CT molecular complexity index is 440. The van der Waals surface area contributed by atoms with E-state index in [1.54, 1.807) is 4.73 Å². The van der Waals surface area contributed by atoms with E-state index in [-0.39, 0.29) is 0 Å². The summed E-state index contributed by atoms with van der Waals surface area (Å²) in [5, 5.41) is 0. The molecule has 17 heavy (non-hydrogen) atoms. The quantitative estimate of drug-likeness (QED) is 0.737. The van der Waals surface area contributed by atoms with Gasteiger partial charge in [0.05, 0.1) is 0 Å². The molecule has 0 N–H and O–H groups in total. The Kier molecular flexibility index (Phi) is 3.97. The molecule has 0 aliphatic heterocycles. The van der Waals surface area contributed by atoms with Crippen LogP contribution in [0.3, 0.4) is 0 Å². The zero-order valence-electron chi connectivity index (χ0n) is 9.87. The third-order valence-electron chi connectivity index (χ3n) is 2.19. The normalized spacial score (nSPS) is 9.94. The molecule has 88 valence electrons. The van der Waals surface area contributed by atoms with E-state index in [0.29, 0.717) is 6.61 Å². The number of pyridine rings is 1. The largest absolute Gasteiger partial charge is 0.457 e. The van der Waals surface area contributed by atoms with Crippen LogP contribution < -0.4 is 14.3 Å². The minimum absolute atomic E-state index is 0.712. The molecule has 0 saturated carbocycles. The number of hydrogen-bond donors (Lipinski definition) is 0. The molecule has 0 fully saturated rings. The number of benzene rings is 1. The van der Waals surface area contributed by atoms with E-state index in [9.17, 15) is 0 Å². The number of para-hydroxylation sites is 1. The smallest absolute Gasteiger partial charge is 0.226 e. The highest BCUT2D eigenvalue weighted by Crippen LogP contribution is 2.18. The second-order valence-electron chi connectivity index (χ2n) is 3.64. The fourth-order valence-corrected chi connectivity index (χ4v) is 1.37. The summed E-state index contributed by atoms with van der Waals surface area (Å²) in [7, 11) is 0. The van der Waals surface area contributed by atoms with Gasteiger partial charge in [0.2, 0.25) is 12.4 Å². The van der Waals surface area contributed by atoms with Gasteiger partial charge in [0.1, 0.15) is 11.5 Å². The summed E-state index contributed by atoms with van der Waals surface area (Å²) in [5.74, 6) is 1.63. The number of aromatic nitrogens is 1. The number of nitrogens with zero attached hydrogens (tertiary/aromatic N) is 1. The Morgan fingerprint density at radius 3 is 2.24 bits per heavy atom. The second-order valence-corrected chi connectivity index (χ2v) is 3.64. The molecule has 1 heterocycles. The summed E-state index contributed by atoms with van der Waals surface area (Å²) in [6.45, 7) is 2.79. The second kappa shape index (κ2) is 5.89. The van der Waals surface area contributed by atoms with E-state index >= 15 is 0 Å². The Morgan fingerprint density at radius 1 is 0.941 bits per heavy atom. The Hall–Kier alpha value is -2.03. The van der Waals surface area contributed by atoms with E-state index in [4.69, 9.17) is 9.57 Å². The SMILES string of the molecule is CCCO[n+]1ccc(Oc2ccccc2)cc1. The highest BCUT2D eigenvalue weighted by Gasteiger charge is 2.02. The predicted molar refractivity (Wildman–Crippen MR) is 64.9 cm³/mol. The van der Waals surface area contributed by atoms with Crippen LogP contribution in [0.1, 0.15) is 13.3 Å². The zero-order valence-corrected chi connectivity index (χ0v) is 9.87. The summed E-state index contributed by atoms with van der Waals surface area (Å²) in [5.41, 5.74) is 0. The van der Waals surface area contributed by atoms with E-state index in [1.165, 1.54) is 0 Å². The molecule has 0 radical (unpaired) electrons. The van der Waals surface area contributed by atoms with Gasteiger partial charge in [0.15, 0.2) is 6.61 Å². The topological polar surface area (TPSA) is 22.3 Å². The molecule has 3 heteroatoms. The van der Waals surface area contributed by atoms with E-state index in [1.807, 2.05) is 54.9 Å². The molecule has 1 aromatic carbocycles. The van der Waals surface area contributed by atoms with Crippen molar-refractivity contribution in [3.63, 3.8) is 0 Å². The minimum atomic E-state index is 0.712. The third kappa shape index (κ3) is 3.48. The average Bonchev–Trinajstić information content (AvgIpc) is 2.39. The van der Waals surface area contributed by atoms with Crippen molar-refractivity contribution in [2.75, 3.05) is 6.61 Å². The van der Waals surface area contributed by atoms with Crippen LogP contribution in [0.4, 0.5) is 0 Å². The van der Waals surface area contributed by atoms with Crippen molar-refractivity contribution in [3.8, 4) is 11.5 Å². The minimum Gasteiger partial charge on any atom is -0.457 e. The maximum absolute atomic E-state index is 5.67. The first kappa shape index (κ1) is 11.5. The molecule has 0 atom stereocenters. The average molecular weight is 230 g/mol. The lowest BCUT2D eigenvalue weighted by Gasteiger charge is -2.03. The van der Waals surface area contributed by atoms with Crippen LogP contribution in [0.15, 0.2) is 54.9 Å². The Labute approximate surface area is 101 Å². The van der Waals surface area contributed by atoms with Gasteiger partial charge < -0.3 is 4.74 Å². The van der Waals surface area contributed by atoms with Crippen molar-refractivity contribution in [1.82, 2.24) is 0 Å². The van der Waals surface area contributed by atoms with Crippen LogP contribution in [0.5, 0.6) is 11.5 Å². The Balaban J connectivity index is 1.98. The fourth-order valence-electron chi connectivity index (χ4n) is 1.37. The molecular formula is C14H16NO2+. The summed E-state index contributed by atoms with van der Waals surface area (Å²) in [6, 6.07) is 13.5. The lowest BCUT2D eigenvalue weighted by molar-refractivity contribution is -0.891. The lowest BCUT2D eigenvalue weighted by Crippen LogP contribution is -2.41. The van der Waals surface area contributed by atoms with Crippen LogP contribution in [-0.2, 0) is 0 Å². The maximum atomic E-state index is 5.67. The van der Waals surface area contributed by atoms with E-state index < -0.39 is 0 Å². The van der Waals surface area contributed by atoms with Crippen LogP contribution in [0.25, 0.3) is 0 Å². The van der Waals surface area contributed by atoms with Gasteiger partial charge >= 0.3 is 0 Å². The number of rotatable bonds is 5. The van der Waals surface area contributed by atoms with Crippen molar-refractivity contribution in [2.24, 2.45) is 0 Å². The van der Waals surface area contributed by atoms with Gasteiger partial charge in [-0.1, -0.05) is 25.1 Å². The Morgan fingerprint density at radius 2 is 1.59 bits per heavy atom. The van der Waals surface area contributed by atoms with Crippen molar-refractivity contribution in [2.45, 2.75) is 13.3 Å². The molecule has 0 unspecified atom stereocenters. The van der Waals surface area contributed by atoms with Gasteiger partial charge in [0, 0.05) is 16.9 Å². The summed E-state index contributed by atoms with van der Waals surface area (Å²) < 4.78 is 7.35. The maximum Gasteiger partial charge on any atom is 0.226 e. The van der Waals surface area contributed by atoms with Crippen LogP contribution >= 0.6 is 0 Å². The zero-order chi connectivity index (χ0) is 11.9. The van der Waals surface area contributed by atoms with Crippen LogP contribution in [0, 0.1) is 0 Å². The summed E-state index contributed by atoms with van der Waals surface area (Å²) in [6.07, 6.45) is 4.68. The molecule has 0 aliphatic carbocycles. The van der Waals surface area contributed by atoms with Gasteiger partial charge in [-0.25, -0.2) is 0 Å². The first-order chi connectivity index (χ1) is 8.38. The molecule has 2 rings (SSSR count). The molecule has 0 spiro atoms. The van der Waals surface area contributed by atoms with Crippen molar-refractivity contribution >= 4 is 0 Å². The predicted octanol–water partition coefficient (Wildman–Crippen LogP) is 2.61. The van der Waals surface area contributed by atoms with E-state index in [0.717, 1.165) is 17.9 Å². The molecule has 3 nitrogen and oxygen atoms in total. The first-order valence-corrected chi connectivity index (χ1v) is 5.76. The molecular weight excluding hydrogens is 214 g/mol. The molecule has 2 aromatic rings. The van der Waals surface area contributed by atoms with Gasteiger partial charge in [-0.15, -0.1) is 0 Å². The fraction of sp³-hybridized carbons (Fsp3) is 0.214. The summed E-state index contributed by atoms with van der Waals surface area (Å²) in [4.78, 5) is 5.42. The molecule has 0 saturated heterocycles. The lowest BCUT2D eigenvalue weighted by atomic mass is 10.3. The van der Waals surface area contributed by atoms with Crippen molar-refractivity contribution < 1.29 is 14.3 Å². The third-order valence-corrected chi connectivity index (χ3v) is 2.19. The van der Waals surface area contributed by atoms with Gasteiger partial charge in [-0.3, -0.25) is 4.84 Å². The monoisotopic (exact) mass is 230 g/mol. The highest BCUT2D eigenvalue weighted by molar-refractivity contribution is 5.28. The van der Waals surface area contributed by atoms with E-state index in [2.05, 4.69) is 6.92 Å². The van der Waals surface area contributed by atoms with Crippen molar-refractivity contribution in [1.29, 1.82) is 0 Å². The van der Waals surface area contributed by atoms with Crippen molar-refractivity contribution in [3.05, 3.63) is 54.9 Å². The first-order valence-electron chi connectivity index (χ1n) is 5.76. The number of ether oxygens (including phenoxy) is 1. The van der Waals surface area contributed by atoms with Crippen LogP contribution in [0.2, 0.25) is 0 Å². The van der Waals surface area contributed by atoms with Gasteiger partial charge in [-0.05, 0) is 18.6 Å². The highest BCUT2D eigenvalue weighted by atomic mass is 16.7. The van der Waals surface area contributed by atoms with Gasteiger partial charge in [-0.2, -0.15) is 0 Å². The molecule has 0 bridgehead atoms. The van der Waals surface area contributed by atoms with Crippen LogP contribution in [-0.4, -0.2) is 6.61 Å². The number of hydrogen-bond acceptors (Lipinski definition) is 2. The standard InChI is InChI=1S/C14H16NO2/c1-2-12-16-15-10-8-14(9-11-15)17-13-6-4-3-5-7-13/h3-11H,2,12H2,1H3/q+1. The molecule has 0 amide bonds. The summed E-state index contributed by atoms with van der Waals surface area (Å²) >= 11 is 0. The molecule has 1 aromatic heterocycles. The van der Waals surface area contributed by atoms with Gasteiger partial charge in [0.25, 0.3) is 0 Å².